The van der Waals surface area contributed by atoms with E-state index in [-0.39, 0.29) is 5.56 Å². The van der Waals surface area contributed by atoms with Crippen LogP contribution in [0.25, 0.3) is 0 Å². The third-order valence-electron chi connectivity index (χ3n) is 5.79. The molecule has 1 N–H and O–H groups in total. The number of hydrogen-bond donors (Lipinski definition) is 1. The van der Waals surface area contributed by atoms with Crippen molar-refractivity contribution in [3.8, 4) is 0 Å². The lowest BCUT2D eigenvalue weighted by atomic mass is 10.1. The first-order valence-corrected chi connectivity index (χ1v) is 9.60. The Kier molecular flexibility index (Phi) is 3.85. The van der Waals surface area contributed by atoms with E-state index in [4.69, 9.17) is 0 Å². The number of H-pyrrole nitrogens is 1. The van der Waals surface area contributed by atoms with Gasteiger partial charge >= 0.3 is 0 Å². The Hall–Kier alpha value is -2.89. The van der Waals surface area contributed by atoms with Gasteiger partial charge in [-0.1, -0.05) is 24.3 Å². The van der Waals surface area contributed by atoms with Gasteiger partial charge in [-0.2, -0.15) is 5.10 Å². The van der Waals surface area contributed by atoms with E-state index in [2.05, 4.69) is 55.8 Å². The molecule has 5 rings (SSSR count). The van der Waals surface area contributed by atoms with Gasteiger partial charge in [-0.05, 0) is 36.8 Å². The zero-order chi connectivity index (χ0) is 18.4. The second-order valence-electron chi connectivity index (χ2n) is 7.64. The third kappa shape index (κ3) is 2.95. The van der Waals surface area contributed by atoms with Crippen LogP contribution in [0, 0.1) is 6.92 Å². The van der Waals surface area contributed by atoms with Crippen LogP contribution in [-0.4, -0.2) is 26.3 Å². The predicted molar refractivity (Wildman–Crippen MR) is 104 cm³/mol. The number of aromatic nitrogens is 4. The summed E-state index contributed by atoms with van der Waals surface area (Å²) in [5.74, 6) is 0.395. The number of aromatic amines is 1. The molecule has 0 unspecified atom stereocenters. The van der Waals surface area contributed by atoms with E-state index < -0.39 is 0 Å². The first-order valence-electron chi connectivity index (χ1n) is 9.60. The SMILES string of the molecule is Cc1ccccc1Cn1cnc2c1CCN(c1cn[nH]c(=O)c1C1CC1)C2. The molecule has 0 bridgehead atoms. The summed E-state index contributed by atoms with van der Waals surface area (Å²) in [6.45, 7) is 4.63. The van der Waals surface area contributed by atoms with Crippen molar-refractivity contribution in [1.29, 1.82) is 0 Å². The zero-order valence-electron chi connectivity index (χ0n) is 15.5. The predicted octanol–water partition coefficient (Wildman–Crippen LogP) is 2.76. The van der Waals surface area contributed by atoms with Crippen molar-refractivity contribution < 1.29 is 0 Å². The molecule has 0 radical (unpaired) electrons. The fraction of sp³-hybridized carbons (Fsp3) is 0.381. The number of fused-ring (bicyclic) bond motifs is 1. The largest absolute Gasteiger partial charge is 0.363 e. The van der Waals surface area contributed by atoms with Gasteiger partial charge in [0.25, 0.3) is 5.56 Å². The highest BCUT2D eigenvalue weighted by molar-refractivity contribution is 5.55. The topological polar surface area (TPSA) is 66.8 Å². The van der Waals surface area contributed by atoms with Crippen LogP contribution in [0.4, 0.5) is 5.69 Å². The minimum Gasteiger partial charge on any atom is -0.363 e. The van der Waals surface area contributed by atoms with E-state index in [0.29, 0.717) is 5.92 Å². The molecule has 0 saturated heterocycles. The van der Waals surface area contributed by atoms with Gasteiger partial charge in [0.1, 0.15) is 0 Å². The molecule has 138 valence electrons. The molecule has 0 amide bonds. The highest BCUT2D eigenvalue weighted by Gasteiger charge is 2.32. The average Bonchev–Trinajstić information content (AvgIpc) is 3.44. The molecule has 3 heterocycles. The molecule has 6 heteroatoms. The molecule has 1 aliphatic heterocycles. The number of rotatable bonds is 4. The Morgan fingerprint density at radius 1 is 1.26 bits per heavy atom. The molecule has 1 fully saturated rings. The molecule has 6 nitrogen and oxygen atoms in total. The maximum atomic E-state index is 12.3. The molecule has 0 atom stereocenters. The molecule has 1 aliphatic carbocycles. The number of nitrogens with one attached hydrogen (secondary N) is 1. The average molecular weight is 361 g/mol. The second-order valence-corrected chi connectivity index (χ2v) is 7.64. The van der Waals surface area contributed by atoms with E-state index >= 15 is 0 Å². The van der Waals surface area contributed by atoms with Crippen LogP contribution in [0.2, 0.25) is 0 Å². The summed E-state index contributed by atoms with van der Waals surface area (Å²) in [5, 5.41) is 6.66. The molecule has 1 saturated carbocycles. The van der Waals surface area contributed by atoms with Gasteiger partial charge in [0, 0.05) is 30.8 Å². The molecular weight excluding hydrogens is 338 g/mol. The van der Waals surface area contributed by atoms with E-state index in [9.17, 15) is 4.79 Å². The lowest BCUT2D eigenvalue weighted by molar-refractivity contribution is 0.656. The Morgan fingerprint density at radius 2 is 2.11 bits per heavy atom. The highest BCUT2D eigenvalue weighted by Crippen LogP contribution is 2.42. The molecule has 1 aromatic carbocycles. The van der Waals surface area contributed by atoms with Crippen LogP contribution in [-0.2, 0) is 19.5 Å². The molecule has 0 spiro atoms. The minimum atomic E-state index is -0.0362. The summed E-state index contributed by atoms with van der Waals surface area (Å²) < 4.78 is 2.27. The van der Waals surface area contributed by atoms with Crippen LogP contribution < -0.4 is 10.5 Å². The van der Waals surface area contributed by atoms with Gasteiger partial charge in [-0.15, -0.1) is 0 Å². The van der Waals surface area contributed by atoms with Gasteiger partial charge in [0.15, 0.2) is 0 Å². The summed E-state index contributed by atoms with van der Waals surface area (Å²) in [6, 6.07) is 8.50. The summed E-state index contributed by atoms with van der Waals surface area (Å²) in [5.41, 5.74) is 6.91. The Bertz CT molecular complexity index is 1050. The fourth-order valence-corrected chi connectivity index (χ4v) is 4.10. The third-order valence-corrected chi connectivity index (χ3v) is 5.79. The van der Waals surface area contributed by atoms with Gasteiger partial charge < -0.3 is 9.47 Å². The van der Waals surface area contributed by atoms with E-state index in [1.54, 1.807) is 0 Å². The van der Waals surface area contributed by atoms with Crippen molar-refractivity contribution in [2.24, 2.45) is 0 Å². The fourth-order valence-electron chi connectivity index (χ4n) is 4.10. The van der Waals surface area contributed by atoms with Gasteiger partial charge in [0.2, 0.25) is 0 Å². The molecule has 2 aliphatic rings. The van der Waals surface area contributed by atoms with Crippen LogP contribution in [0.5, 0.6) is 0 Å². The molecule has 3 aromatic rings. The van der Waals surface area contributed by atoms with E-state index in [1.807, 2.05) is 12.5 Å². The van der Waals surface area contributed by atoms with Crippen molar-refractivity contribution in [3.63, 3.8) is 0 Å². The van der Waals surface area contributed by atoms with Gasteiger partial charge in [-0.3, -0.25) is 4.79 Å². The van der Waals surface area contributed by atoms with E-state index in [0.717, 1.165) is 55.8 Å². The monoisotopic (exact) mass is 361 g/mol. The van der Waals surface area contributed by atoms with Crippen molar-refractivity contribution in [2.45, 2.75) is 45.2 Å². The van der Waals surface area contributed by atoms with Crippen molar-refractivity contribution in [1.82, 2.24) is 19.7 Å². The quantitative estimate of drug-likeness (QED) is 0.776. The number of nitrogens with zero attached hydrogens (tertiary/aromatic N) is 4. The first kappa shape index (κ1) is 16.3. The highest BCUT2D eigenvalue weighted by atomic mass is 16.1. The van der Waals surface area contributed by atoms with Gasteiger partial charge in [-0.25, -0.2) is 10.1 Å². The summed E-state index contributed by atoms with van der Waals surface area (Å²) in [4.78, 5) is 19.2. The van der Waals surface area contributed by atoms with Crippen LogP contribution >= 0.6 is 0 Å². The van der Waals surface area contributed by atoms with Gasteiger partial charge in [0.05, 0.1) is 30.5 Å². The standard InChI is InChI=1S/C21H23N5O/c1-14-4-2-3-5-16(14)11-26-13-22-17-12-25(9-8-18(17)26)19-10-23-24-21(27)20(19)15-6-7-15/h2-5,10,13,15H,6-9,11-12H2,1H3,(H,24,27). The maximum Gasteiger partial charge on any atom is 0.269 e. The summed E-state index contributed by atoms with van der Waals surface area (Å²) in [7, 11) is 0. The summed E-state index contributed by atoms with van der Waals surface area (Å²) >= 11 is 0. The normalized spacial score (nSPS) is 16.4. The van der Waals surface area contributed by atoms with Crippen molar-refractivity contribution in [2.75, 3.05) is 11.4 Å². The first-order chi connectivity index (χ1) is 13.2. The number of benzene rings is 1. The molecule has 27 heavy (non-hydrogen) atoms. The Labute approximate surface area is 157 Å². The number of aryl methyl sites for hydroxylation is 1. The van der Waals surface area contributed by atoms with E-state index in [1.165, 1.54) is 16.8 Å². The maximum absolute atomic E-state index is 12.3. The number of imidazole rings is 1. The van der Waals surface area contributed by atoms with Crippen LogP contribution in [0.1, 0.15) is 46.8 Å². The Balaban J connectivity index is 1.42. The lowest BCUT2D eigenvalue weighted by Gasteiger charge is -2.30. The second kappa shape index (κ2) is 6.37. The van der Waals surface area contributed by atoms with Crippen LogP contribution in [0.3, 0.4) is 0 Å². The molecular formula is C21H23N5O. The number of anilines is 1. The zero-order valence-corrected chi connectivity index (χ0v) is 15.5. The number of hydrogen-bond acceptors (Lipinski definition) is 4. The van der Waals surface area contributed by atoms with Crippen LogP contribution in [0.15, 0.2) is 41.6 Å². The smallest absolute Gasteiger partial charge is 0.269 e. The van der Waals surface area contributed by atoms with Crippen molar-refractivity contribution in [3.05, 3.63) is 75.2 Å². The minimum absolute atomic E-state index is 0.0362. The lowest BCUT2D eigenvalue weighted by Crippen LogP contribution is -2.33. The summed E-state index contributed by atoms with van der Waals surface area (Å²) in [6.07, 6.45) is 6.90. The van der Waals surface area contributed by atoms with Crippen molar-refractivity contribution >= 4 is 5.69 Å². The Morgan fingerprint density at radius 3 is 2.93 bits per heavy atom. The molecule has 2 aromatic heterocycles.